The van der Waals surface area contributed by atoms with Crippen LogP contribution in [0.4, 0.5) is 0 Å². The van der Waals surface area contributed by atoms with Crippen LogP contribution in [0, 0.1) is 23.7 Å². The zero-order chi connectivity index (χ0) is 30.6. The Morgan fingerprint density at radius 3 is 1.26 bits per heavy atom. The van der Waals surface area contributed by atoms with E-state index in [2.05, 4.69) is 124 Å². The summed E-state index contributed by atoms with van der Waals surface area (Å²) in [7, 11) is -0.00533. The molecule has 0 spiro atoms. The van der Waals surface area contributed by atoms with Crippen LogP contribution in [0.2, 0.25) is 39.3 Å². The van der Waals surface area contributed by atoms with Crippen LogP contribution in [-0.4, -0.2) is 30.4 Å². The molecule has 0 saturated carbocycles. The Morgan fingerprint density at radius 2 is 0.929 bits per heavy atom. The first-order valence-electron chi connectivity index (χ1n) is 14.7. The molecule has 0 aliphatic heterocycles. The van der Waals surface area contributed by atoms with E-state index < -0.39 is 16.1 Å². The van der Waals surface area contributed by atoms with Crippen molar-refractivity contribution >= 4 is 26.5 Å². The van der Waals surface area contributed by atoms with Gasteiger partial charge in [-0.1, -0.05) is 111 Å². The van der Waals surface area contributed by atoms with Crippen molar-refractivity contribution in [2.24, 2.45) is 0 Å². The molecular weight excluding hydrogens is 545 g/mol. The van der Waals surface area contributed by atoms with E-state index in [-0.39, 0.29) is 0 Å². The topological polar surface area (TPSA) is 18.5 Å². The van der Waals surface area contributed by atoms with Crippen LogP contribution in [0.5, 0.6) is 0 Å². The molecule has 0 bridgehead atoms. The van der Waals surface area contributed by atoms with E-state index in [1.165, 1.54) is 43.8 Å². The third-order valence-electron chi connectivity index (χ3n) is 7.15. The minimum atomic E-state index is -1.68. The van der Waals surface area contributed by atoms with Gasteiger partial charge in [-0.15, -0.1) is 0 Å². The van der Waals surface area contributed by atoms with Gasteiger partial charge in [0.05, 0.1) is 42.9 Å². The lowest BCUT2D eigenvalue weighted by Crippen LogP contribution is -2.45. The van der Waals surface area contributed by atoms with Crippen molar-refractivity contribution in [1.82, 2.24) is 0 Å². The predicted molar refractivity (Wildman–Crippen MR) is 186 cm³/mol. The van der Waals surface area contributed by atoms with Gasteiger partial charge >= 0.3 is 0 Å². The van der Waals surface area contributed by atoms with Gasteiger partial charge < -0.3 is 9.47 Å². The zero-order valence-electron chi connectivity index (χ0n) is 26.7. The lowest BCUT2D eigenvalue weighted by Gasteiger charge is -2.25. The van der Waals surface area contributed by atoms with E-state index in [4.69, 9.17) is 9.47 Å². The van der Waals surface area contributed by atoms with Gasteiger partial charge in [-0.05, 0) is 69.8 Å². The number of ether oxygens (including phenoxy) is 2. The first-order chi connectivity index (χ1) is 20.0. The highest BCUT2D eigenvalue weighted by Gasteiger charge is 2.26. The van der Waals surface area contributed by atoms with Crippen LogP contribution in [0.25, 0.3) is 0 Å². The van der Waals surface area contributed by atoms with E-state index in [0.717, 1.165) is 25.7 Å². The molecule has 0 fully saturated rings. The maximum Gasteiger partial charge on any atom is 0.0792 e. The molecule has 0 N–H and O–H groups in total. The number of rotatable bonds is 10. The molecular formula is C38H46O2Si2. The van der Waals surface area contributed by atoms with Crippen molar-refractivity contribution < 1.29 is 9.47 Å². The Labute approximate surface area is 256 Å². The largest absolute Gasteiger partial charge is 0.505 e. The Morgan fingerprint density at radius 1 is 0.571 bits per heavy atom. The Kier molecular flexibility index (Phi) is 12.1. The second kappa shape index (κ2) is 15.5. The average Bonchev–Trinajstić information content (AvgIpc) is 2.94. The van der Waals surface area contributed by atoms with Crippen molar-refractivity contribution in [3.05, 3.63) is 119 Å². The van der Waals surface area contributed by atoms with E-state index in [1.54, 1.807) is 26.7 Å². The fourth-order valence-electron chi connectivity index (χ4n) is 4.92. The minimum Gasteiger partial charge on any atom is -0.505 e. The Hall–Kier alpha value is -3.71. The standard InChI is InChI=1S/C38H46O2Si2/c1-39-27-15-25-33-19-11-9-17-31(33)21-13-23-35-29-38(42(6,7)8)36(30-37(35)41(3,4)5)24-14-22-32-18-10-12-20-34(32)26-16-28-40-2/h9-12,15-20,27-30H,21-22,25-26H2,1-8H3. The molecule has 0 atom stereocenters. The average molecular weight is 591 g/mol. The van der Waals surface area contributed by atoms with Gasteiger partial charge in [0.25, 0.3) is 0 Å². The van der Waals surface area contributed by atoms with Gasteiger partial charge in [-0.3, -0.25) is 0 Å². The molecule has 0 amide bonds. The molecule has 0 radical (unpaired) electrons. The fraction of sp³-hybridized carbons (Fsp3) is 0.316. The van der Waals surface area contributed by atoms with Crippen LogP contribution in [0.15, 0.2) is 85.3 Å². The first kappa shape index (κ1) is 32.8. The van der Waals surface area contributed by atoms with Crippen molar-refractivity contribution in [3.63, 3.8) is 0 Å². The lowest BCUT2D eigenvalue weighted by molar-refractivity contribution is 0.336. The summed E-state index contributed by atoms with van der Waals surface area (Å²) in [6, 6.07) is 21.9. The quantitative estimate of drug-likeness (QED) is 0.139. The SMILES string of the molecule is COC=CCc1ccccc1CC#Cc1cc([Si](C)(C)C)c(C#CCc2ccccc2CC=COC)cc1[Si](C)(C)C. The summed E-state index contributed by atoms with van der Waals surface area (Å²) < 4.78 is 10.2. The molecule has 3 rings (SSSR count). The van der Waals surface area contributed by atoms with Crippen molar-refractivity contribution in [2.45, 2.75) is 65.0 Å². The summed E-state index contributed by atoms with van der Waals surface area (Å²) in [5, 5.41) is 2.78. The highest BCUT2D eigenvalue weighted by atomic mass is 28.3. The molecule has 0 aromatic heterocycles. The molecule has 0 aliphatic carbocycles. The van der Waals surface area contributed by atoms with Gasteiger partial charge in [-0.25, -0.2) is 0 Å². The number of methoxy groups -OCH3 is 2. The summed E-state index contributed by atoms with van der Waals surface area (Å²) in [6.45, 7) is 14.4. The third-order valence-corrected chi connectivity index (χ3v) is 11.2. The summed E-state index contributed by atoms with van der Waals surface area (Å²) in [6.07, 6.45) is 10.7. The van der Waals surface area contributed by atoms with Gasteiger partial charge in [0.1, 0.15) is 0 Å². The smallest absolute Gasteiger partial charge is 0.0792 e. The van der Waals surface area contributed by atoms with Crippen molar-refractivity contribution in [2.75, 3.05) is 14.2 Å². The van der Waals surface area contributed by atoms with Crippen LogP contribution >= 0.6 is 0 Å². The second-order valence-corrected chi connectivity index (χ2v) is 22.6. The van der Waals surface area contributed by atoms with Crippen LogP contribution < -0.4 is 10.4 Å². The maximum absolute atomic E-state index is 5.09. The van der Waals surface area contributed by atoms with Gasteiger partial charge in [-0.2, -0.15) is 0 Å². The predicted octanol–water partition coefficient (Wildman–Crippen LogP) is 7.37. The second-order valence-electron chi connectivity index (χ2n) is 12.6. The minimum absolute atomic E-state index is 0.727. The van der Waals surface area contributed by atoms with Gasteiger partial charge in [0.2, 0.25) is 0 Å². The monoisotopic (exact) mass is 590 g/mol. The molecule has 3 aromatic carbocycles. The Balaban J connectivity index is 1.99. The third kappa shape index (κ3) is 9.69. The molecule has 0 heterocycles. The number of hydrogen-bond acceptors (Lipinski definition) is 2. The summed E-state index contributed by atoms with van der Waals surface area (Å²) in [5.74, 6) is 14.3. The van der Waals surface area contributed by atoms with Crippen molar-refractivity contribution in [1.29, 1.82) is 0 Å². The van der Waals surface area contributed by atoms with Crippen LogP contribution in [-0.2, 0) is 35.2 Å². The lowest BCUT2D eigenvalue weighted by atomic mass is 10.0. The van der Waals surface area contributed by atoms with E-state index in [0.29, 0.717) is 0 Å². The number of hydrogen-bond donors (Lipinski definition) is 0. The molecule has 42 heavy (non-hydrogen) atoms. The summed E-state index contributed by atoms with van der Waals surface area (Å²) >= 11 is 0. The highest BCUT2D eigenvalue weighted by Crippen LogP contribution is 2.15. The zero-order valence-corrected chi connectivity index (χ0v) is 28.7. The number of allylic oxidation sites excluding steroid dienone is 2. The van der Waals surface area contributed by atoms with Gasteiger partial charge in [0, 0.05) is 24.0 Å². The fourth-order valence-corrected chi connectivity index (χ4v) is 7.96. The van der Waals surface area contributed by atoms with Crippen molar-refractivity contribution in [3.8, 4) is 23.7 Å². The number of benzene rings is 3. The van der Waals surface area contributed by atoms with E-state index in [9.17, 15) is 0 Å². The maximum atomic E-state index is 5.09. The summed E-state index contributed by atoms with van der Waals surface area (Å²) in [4.78, 5) is 0. The Bertz CT molecular complexity index is 1410. The van der Waals surface area contributed by atoms with Crippen LogP contribution in [0.3, 0.4) is 0 Å². The molecule has 218 valence electrons. The van der Waals surface area contributed by atoms with Crippen LogP contribution in [0.1, 0.15) is 33.4 Å². The van der Waals surface area contributed by atoms with E-state index in [1.807, 2.05) is 12.2 Å². The molecule has 0 unspecified atom stereocenters. The molecule has 0 aliphatic rings. The van der Waals surface area contributed by atoms with Gasteiger partial charge in [0.15, 0.2) is 0 Å². The normalized spacial score (nSPS) is 11.6. The first-order valence-corrected chi connectivity index (χ1v) is 21.7. The highest BCUT2D eigenvalue weighted by molar-refractivity contribution is 6.91. The molecule has 3 aromatic rings. The molecule has 4 heteroatoms. The van der Waals surface area contributed by atoms with E-state index >= 15 is 0 Å². The molecule has 2 nitrogen and oxygen atoms in total. The summed E-state index contributed by atoms with van der Waals surface area (Å²) in [5.41, 5.74) is 7.48. The molecule has 0 saturated heterocycles.